The summed E-state index contributed by atoms with van der Waals surface area (Å²) in [6.45, 7) is -0.550. The summed E-state index contributed by atoms with van der Waals surface area (Å²) >= 11 is 0. The minimum Gasteiger partial charge on any atom is -0.435 e. The van der Waals surface area contributed by atoms with Crippen molar-refractivity contribution in [2.75, 3.05) is 6.54 Å². The number of benzene rings is 2. The third-order valence-electron chi connectivity index (χ3n) is 5.15. The molecule has 1 aliphatic rings. The summed E-state index contributed by atoms with van der Waals surface area (Å²) in [6, 6.07) is 13.3. The fraction of sp³-hybridized carbons (Fsp3) is 0.182. The number of nitrogens with two attached hydrogens (primary N) is 1. The normalized spacial score (nSPS) is 18.4. The maximum atomic E-state index is 12.6. The SMILES string of the molecule is Cc1cc(C2(c3cccc(-c4cncnc4)c3)C=C(N)NC2)ccc1OC(F)F. The van der Waals surface area contributed by atoms with Gasteiger partial charge in [0.15, 0.2) is 0 Å². The number of ether oxygens (including phenoxy) is 1. The fourth-order valence-electron chi connectivity index (χ4n) is 3.73. The van der Waals surface area contributed by atoms with Crippen LogP contribution in [0.25, 0.3) is 11.1 Å². The van der Waals surface area contributed by atoms with Gasteiger partial charge in [0, 0.05) is 24.5 Å². The number of aryl methyl sites for hydroxylation is 1. The molecule has 7 heteroatoms. The monoisotopic (exact) mass is 394 g/mol. The Bertz CT molecular complexity index is 1060. The number of nitrogens with one attached hydrogen (secondary N) is 1. The second-order valence-corrected chi connectivity index (χ2v) is 6.99. The van der Waals surface area contributed by atoms with Crippen LogP contribution in [0.5, 0.6) is 5.75 Å². The number of halogens is 2. The molecule has 0 saturated heterocycles. The number of hydrogen-bond donors (Lipinski definition) is 2. The van der Waals surface area contributed by atoms with Crippen LogP contribution in [0, 0.1) is 6.92 Å². The van der Waals surface area contributed by atoms with Crippen LogP contribution in [-0.4, -0.2) is 23.1 Å². The summed E-state index contributed by atoms with van der Waals surface area (Å²) in [6.07, 6.45) is 6.98. The molecule has 0 saturated carbocycles. The summed E-state index contributed by atoms with van der Waals surface area (Å²) in [7, 11) is 0. The second-order valence-electron chi connectivity index (χ2n) is 6.99. The highest BCUT2D eigenvalue weighted by Crippen LogP contribution is 2.39. The summed E-state index contributed by atoms with van der Waals surface area (Å²) in [5.41, 5.74) is 10.0. The standard InChI is InChI=1S/C22H20F2N4O/c1-14-7-18(5-6-19(14)29-21(23)24)22(9-20(25)28-12-22)17-4-2-3-15(8-17)16-10-26-13-27-11-16/h2-11,13,21,28H,12,25H2,1H3. The van der Waals surface area contributed by atoms with Crippen LogP contribution >= 0.6 is 0 Å². The van der Waals surface area contributed by atoms with E-state index in [0.29, 0.717) is 17.9 Å². The highest BCUT2D eigenvalue weighted by Gasteiger charge is 2.37. The molecule has 0 radical (unpaired) electrons. The van der Waals surface area contributed by atoms with Crippen LogP contribution in [0.1, 0.15) is 16.7 Å². The first-order valence-corrected chi connectivity index (χ1v) is 9.12. The Labute approximate surface area is 167 Å². The molecule has 4 rings (SSSR count). The maximum Gasteiger partial charge on any atom is 0.387 e. The lowest BCUT2D eigenvalue weighted by Crippen LogP contribution is -2.31. The van der Waals surface area contributed by atoms with Crippen LogP contribution in [0.3, 0.4) is 0 Å². The van der Waals surface area contributed by atoms with Crippen molar-refractivity contribution in [3.63, 3.8) is 0 Å². The van der Waals surface area contributed by atoms with E-state index >= 15 is 0 Å². The van der Waals surface area contributed by atoms with Crippen molar-refractivity contribution in [1.29, 1.82) is 0 Å². The van der Waals surface area contributed by atoms with Gasteiger partial charge in [-0.1, -0.05) is 30.3 Å². The molecule has 0 bridgehead atoms. The van der Waals surface area contributed by atoms with Crippen molar-refractivity contribution < 1.29 is 13.5 Å². The molecule has 3 aromatic rings. The van der Waals surface area contributed by atoms with Gasteiger partial charge in [0.05, 0.1) is 11.2 Å². The predicted octanol–water partition coefficient (Wildman–Crippen LogP) is 3.74. The Kier molecular flexibility index (Phi) is 4.88. The zero-order valence-electron chi connectivity index (χ0n) is 15.8. The molecule has 3 N–H and O–H groups in total. The van der Waals surface area contributed by atoms with Gasteiger partial charge in [0.1, 0.15) is 12.1 Å². The molecule has 2 heterocycles. The highest BCUT2D eigenvalue weighted by atomic mass is 19.3. The first kappa shape index (κ1) is 18.9. The van der Waals surface area contributed by atoms with E-state index in [-0.39, 0.29) is 5.75 Å². The molecule has 1 atom stereocenters. The van der Waals surface area contributed by atoms with Crippen LogP contribution < -0.4 is 15.8 Å². The lowest BCUT2D eigenvalue weighted by atomic mass is 9.74. The van der Waals surface area contributed by atoms with Crippen molar-refractivity contribution >= 4 is 0 Å². The molecule has 0 aliphatic carbocycles. The Hall–Kier alpha value is -3.48. The first-order chi connectivity index (χ1) is 14.0. The zero-order chi connectivity index (χ0) is 20.4. The minimum atomic E-state index is -2.86. The topological polar surface area (TPSA) is 73.1 Å². The molecule has 0 fully saturated rings. The van der Waals surface area contributed by atoms with Crippen LogP contribution in [0.4, 0.5) is 8.78 Å². The molecule has 29 heavy (non-hydrogen) atoms. The van der Waals surface area contributed by atoms with Crippen LogP contribution in [0.15, 0.2) is 73.1 Å². The molecular formula is C22H20F2N4O. The van der Waals surface area contributed by atoms with Gasteiger partial charge in [-0.3, -0.25) is 0 Å². The average Bonchev–Trinajstić information content (AvgIpc) is 3.13. The van der Waals surface area contributed by atoms with Crippen LogP contribution in [-0.2, 0) is 5.41 Å². The Balaban J connectivity index is 1.81. The van der Waals surface area contributed by atoms with Crippen molar-refractivity contribution in [3.05, 3.63) is 89.8 Å². The minimum absolute atomic E-state index is 0.164. The molecule has 0 spiro atoms. The first-order valence-electron chi connectivity index (χ1n) is 9.12. The number of rotatable bonds is 5. The summed E-state index contributed by atoms with van der Waals surface area (Å²) in [5.74, 6) is 0.737. The maximum absolute atomic E-state index is 12.6. The van der Waals surface area contributed by atoms with E-state index in [1.165, 1.54) is 6.33 Å². The number of nitrogens with zero attached hydrogens (tertiary/aromatic N) is 2. The summed E-state index contributed by atoms with van der Waals surface area (Å²) in [5, 5.41) is 3.20. The van der Waals surface area contributed by atoms with E-state index in [9.17, 15) is 8.78 Å². The molecule has 148 valence electrons. The lowest BCUT2D eigenvalue weighted by molar-refractivity contribution is -0.0503. The Morgan fingerprint density at radius 2 is 1.83 bits per heavy atom. The summed E-state index contributed by atoms with van der Waals surface area (Å²) < 4.78 is 29.9. The van der Waals surface area contributed by atoms with E-state index in [1.54, 1.807) is 31.5 Å². The molecule has 1 unspecified atom stereocenters. The van der Waals surface area contributed by atoms with Crippen molar-refractivity contribution in [2.24, 2.45) is 5.73 Å². The zero-order valence-corrected chi connectivity index (χ0v) is 15.8. The third-order valence-corrected chi connectivity index (χ3v) is 5.15. The van der Waals surface area contributed by atoms with Gasteiger partial charge >= 0.3 is 6.61 Å². The number of hydrogen-bond acceptors (Lipinski definition) is 5. The molecule has 2 aromatic carbocycles. The molecular weight excluding hydrogens is 374 g/mol. The number of alkyl halides is 2. The second kappa shape index (κ2) is 7.50. The van der Waals surface area contributed by atoms with Gasteiger partial charge in [-0.25, -0.2) is 9.97 Å². The molecule has 0 amide bonds. The van der Waals surface area contributed by atoms with Gasteiger partial charge in [0.2, 0.25) is 0 Å². The van der Waals surface area contributed by atoms with E-state index in [2.05, 4.69) is 26.1 Å². The largest absolute Gasteiger partial charge is 0.435 e. The molecule has 5 nitrogen and oxygen atoms in total. The smallest absolute Gasteiger partial charge is 0.387 e. The van der Waals surface area contributed by atoms with E-state index in [4.69, 9.17) is 5.73 Å². The van der Waals surface area contributed by atoms with Gasteiger partial charge in [-0.05, 0) is 47.4 Å². The average molecular weight is 394 g/mol. The summed E-state index contributed by atoms with van der Waals surface area (Å²) in [4.78, 5) is 8.18. The Morgan fingerprint density at radius 1 is 1.07 bits per heavy atom. The van der Waals surface area contributed by atoms with E-state index in [1.807, 2.05) is 30.3 Å². The lowest BCUT2D eigenvalue weighted by Gasteiger charge is -2.29. The fourth-order valence-corrected chi connectivity index (χ4v) is 3.73. The van der Waals surface area contributed by atoms with Gasteiger partial charge in [0.25, 0.3) is 0 Å². The van der Waals surface area contributed by atoms with Crippen LogP contribution in [0.2, 0.25) is 0 Å². The van der Waals surface area contributed by atoms with E-state index in [0.717, 1.165) is 22.3 Å². The third kappa shape index (κ3) is 3.63. The Morgan fingerprint density at radius 3 is 2.48 bits per heavy atom. The predicted molar refractivity (Wildman–Crippen MR) is 106 cm³/mol. The molecule has 1 aliphatic heterocycles. The van der Waals surface area contributed by atoms with Crippen molar-refractivity contribution in [3.8, 4) is 16.9 Å². The van der Waals surface area contributed by atoms with Crippen molar-refractivity contribution in [2.45, 2.75) is 19.0 Å². The van der Waals surface area contributed by atoms with Gasteiger partial charge < -0.3 is 15.8 Å². The van der Waals surface area contributed by atoms with Crippen molar-refractivity contribution in [1.82, 2.24) is 15.3 Å². The number of aromatic nitrogens is 2. The van der Waals surface area contributed by atoms with Gasteiger partial charge in [-0.2, -0.15) is 8.78 Å². The highest BCUT2D eigenvalue weighted by molar-refractivity contribution is 5.64. The van der Waals surface area contributed by atoms with E-state index < -0.39 is 12.0 Å². The van der Waals surface area contributed by atoms with Gasteiger partial charge in [-0.15, -0.1) is 0 Å². The quantitative estimate of drug-likeness (QED) is 0.690. The molecule has 1 aromatic heterocycles.